The number of aliphatic carboxylic acids is 1. The van der Waals surface area contributed by atoms with Crippen molar-refractivity contribution in [1.29, 1.82) is 0 Å². The topological polar surface area (TPSA) is 76.2 Å². The molecule has 2 rings (SSSR count). The summed E-state index contributed by atoms with van der Waals surface area (Å²) in [5.41, 5.74) is 1.36. The third kappa shape index (κ3) is 3.40. The van der Waals surface area contributed by atoms with E-state index in [2.05, 4.69) is 9.97 Å². The summed E-state index contributed by atoms with van der Waals surface area (Å²) in [5.74, 6) is 0.390. The van der Waals surface area contributed by atoms with Gasteiger partial charge >= 0.3 is 5.97 Å². The quantitative estimate of drug-likeness (QED) is 0.864. The molecule has 19 heavy (non-hydrogen) atoms. The number of rotatable bonds is 6. The molecule has 0 fully saturated rings. The standard InChI is InChI=1S/C14H16N2O3/c1-2-5-12-16-11(7-8-13(17)18)14(19-12)10-6-3-4-9-15-10/h3-4,6,9H,2,5,7-8H2,1H3,(H,17,18). The highest BCUT2D eigenvalue weighted by molar-refractivity contribution is 5.67. The summed E-state index contributed by atoms with van der Waals surface area (Å²) in [6.45, 7) is 2.04. The molecule has 0 aliphatic heterocycles. The molecule has 0 spiro atoms. The maximum Gasteiger partial charge on any atom is 0.303 e. The van der Waals surface area contributed by atoms with Gasteiger partial charge in [-0.3, -0.25) is 9.78 Å². The van der Waals surface area contributed by atoms with Crippen molar-refractivity contribution in [3.05, 3.63) is 36.0 Å². The van der Waals surface area contributed by atoms with E-state index in [1.54, 1.807) is 6.20 Å². The number of aromatic nitrogens is 2. The van der Waals surface area contributed by atoms with E-state index in [9.17, 15) is 4.79 Å². The Morgan fingerprint density at radius 3 is 2.84 bits per heavy atom. The minimum absolute atomic E-state index is 0.0396. The van der Waals surface area contributed by atoms with Crippen LogP contribution in [0.25, 0.3) is 11.5 Å². The van der Waals surface area contributed by atoms with Crippen molar-refractivity contribution in [2.75, 3.05) is 0 Å². The van der Waals surface area contributed by atoms with Crippen molar-refractivity contribution in [2.24, 2.45) is 0 Å². The monoisotopic (exact) mass is 260 g/mol. The summed E-state index contributed by atoms with van der Waals surface area (Å²) in [6.07, 6.45) is 3.75. The maximum atomic E-state index is 10.7. The van der Waals surface area contributed by atoms with Crippen molar-refractivity contribution in [1.82, 2.24) is 9.97 Å². The first kappa shape index (κ1) is 13.3. The molecule has 0 radical (unpaired) electrons. The molecule has 5 nitrogen and oxygen atoms in total. The first-order chi connectivity index (χ1) is 9.20. The average Bonchev–Trinajstić information content (AvgIpc) is 2.81. The molecule has 100 valence electrons. The Kier molecular flexibility index (Phi) is 4.28. The molecule has 0 aliphatic rings. The normalized spacial score (nSPS) is 10.6. The summed E-state index contributed by atoms with van der Waals surface area (Å²) in [7, 11) is 0. The molecule has 1 N–H and O–H groups in total. The molecule has 0 atom stereocenters. The van der Waals surface area contributed by atoms with Gasteiger partial charge < -0.3 is 9.52 Å². The Labute approximate surface area is 111 Å². The van der Waals surface area contributed by atoms with E-state index in [1.165, 1.54) is 0 Å². The van der Waals surface area contributed by atoms with Gasteiger partial charge in [0.25, 0.3) is 0 Å². The highest BCUT2D eigenvalue weighted by Crippen LogP contribution is 2.24. The van der Waals surface area contributed by atoms with Crippen LogP contribution < -0.4 is 0 Å². The first-order valence-corrected chi connectivity index (χ1v) is 6.32. The van der Waals surface area contributed by atoms with E-state index in [0.717, 1.165) is 12.8 Å². The molecule has 0 amide bonds. The molecule has 2 aromatic heterocycles. The Balaban J connectivity index is 2.31. The second-order valence-corrected chi connectivity index (χ2v) is 4.24. The summed E-state index contributed by atoms with van der Waals surface area (Å²) < 4.78 is 5.71. The second kappa shape index (κ2) is 6.13. The fourth-order valence-electron chi connectivity index (χ4n) is 1.81. The van der Waals surface area contributed by atoms with Gasteiger partial charge in [-0.25, -0.2) is 4.98 Å². The fourth-order valence-corrected chi connectivity index (χ4v) is 1.81. The van der Waals surface area contributed by atoms with Gasteiger partial charge in [0.1, 0.15) is 5.69 Å². The van der Waals surface area contributed by atoms with E-state index < -0.39 is 5.97 Å². The maximum absolute atomic E-state index is 10.7. The number of hydrogen-bond donors (Lipinski definition) is 1. The van der Waals surface area contributed by atoms with Gasteiger partial charge in [0.05, 0.1) is 12.1 Å². The minimum Gasteiger partial charge on any atom is -0.481 e. The molecule has 0 unspecified atom stereocenters. The van der Waals surface area contributed by atoms with Crippen LogP contribution >= 0.6 is 0 Å². The van der Waals surface area contributed by atoms with Crippen molar-refractivity contribution >= 4 is 5.97 Å². The average molecular weight is 260 g/mol. The zero-order valence-electron chi connectivity index (χ0n) is 10.8. The molecule has 2 heterocycles. The lowest BCUT2D eigenvalue weighted by atomic mass is 10.1. The SMILES string of the molecule is CCCc1nc(CCC(=O)O)c(-c2ccccn2)o1. The van der Waals surface area contributed by atoms with Crippen LogP contribution in [0.3, 0.4) is 0 Å². The molecule has 5 heteroatoms. The van der Waals surface area contributed by atoms with Gasteiger partial charge in [-0.05, 0) is 18.6 Å². The Morgan fingerprint density at radius 1 is 1.37 bits per heavy atom. The van der Waals surface area contributed by atoms with Crippen LogP contribution in [-0.4, -0.2) is 21.0 Å². The zero-order chi connectivity index (χ0) is 13.7. The number of nitrogens with zero attached hydrogens (tertiary/aromatic N) is 2. The highest BCUT2D eigenvalue weighted by atomic mass is 16.4. The third-order valence-corrected chi connectivity index (χ3v) is 2.68. The molecular weight excluding hydrogens is 244 g/mol. The van der Waals surface area contributed by atoms with E-state index in [-0.39, 0.29) is 6.42 Å². The summed E-state index contributed by atoms with van der Waals surface area (Å²) in [4.78, 5) is 19.3. The number of oxazole rings is 1. The Morgan fingerprint density at radius 2 is 2.21 bits per heavy atom. The number of carboxylic acids is 1. The predicted octanol–water partition coefficient (Wildman–Crippen LogP) is 2.71. The van der Waals surface area contributed by atoms with Crippen LogP contribution in [0, 0.1) is 0 Å². The molecule has 2 aromatic rings. The van der Waals surface area contributed by atoms with E-state index in [0.29, 0.717) is 29.5 Å². The van der Waals surface area contributed by atoms with Gasteiger partial charge in [-0.15, -0.1) is 0 Å². The Bertz CT molecular complexity index is 549. The summed E-state index contributed by atoms with van der Waals surface area (Å²) in [5, 5.41) is 8.77. The van der Waals surface area contributed by atoms with Gasteiger partial charge in [-0.2, -0.15) is 0 Å². The molecular formula is C14H16N2O3. The van der Waals surface area contributed by atoms with Crippen molar-refractivity contribution < 1.29 is 14.3 Å². The number of carboxylic acid groups (broad SMARTS) is 1. The van der Waals surface area contributed by atoms with Crippen molar-refractivity contribution in [3.8, 4) is 11.5 Å². The van der Waals surface area contributed by atoms with E-state index in [4.69, 9.17) is 9.52 Å². The number of carbonyl (C=O) groups is 1. The lowest BCUT2D eigenvalue weighted by Crippen LogP contribution is -1.99. The van der Waals surface area contributed by atoms with Gasteiger partial charge in [-0.1, -0.05) is 13.0 Å². The van der Waals surface area contributed by atoms with Crippen molar-refractivity contribution in [3.63, 3.8) is 0 Å². The largest absolute Gasteiger partial charge is 0.481 e. The van der Waals surface area contributed by atoms with Crippen LogP contribution in [-0.2, 0) is 17.6 Å². The van der Waals surface area contributed by atoms with Crippen LogP contribution in [0.2, 0.25) is 0 Å². The molecule has 0 bridgehead atoms. The molecule has 0 aromatic carbocycles. The number of pyridine rings is 1. The summed E-state index contributed by atoms with van der Waals surface area (Å²) in [6, 6.07) is 5.52. The molecule has 0 aliphatic carbocycles. The van der Waals surface area contributed by atoms with Gasteiger partial charge in [0.2, 0.25) is 0 Å². The number of hydrogen-bond acceptors (Lipinski definition) is 4. The van der Waals surface area contributed by atoms with Gasteiger partial charge in [0.15, 0.2) is 11.7 Å². The lowest BCUT2D eigenvalue weighted by molar-refractivity contribution is -0.136. The third-order valence-electron chi connectivity index (χ3n) is 2.68. The molecule has 0 saturated heterocycles. The van der Waals surface area contributed by atoms with Crippen LogP contribution in [0.1, 0.15) is 31.4 Å². The van der Waals surface area contributed by atoms with E-state index in [1.807, 2.05) is 25.1 Å². The highest BCUT2D eigenvalue weighted by Gasteiger charge is 2.16. The molecule has 0 saturated carbocycles. The second-order valence-electron chi connectivity index (χ2n) is 4.24. The van der Waals surface area contributed by atoms with E-state index >= 15 is 0 Å². The fraction of sp³-hybridized carbons (Fsp3) is 0.357. The van der Waals surface area contributed by atoms with Crippen molar-refractivity contribution in [2.45, 2.75) is 32.6 Å². The lowest BCUT2D eigenvalue weighted by Gasteiger charge is -1.98. The number of aryl methyl sites for hydroxylation is 2. The van der Waals surface area contributed by atoms with Crippen LogP contribution in [0.4, 0.5) is 0 Å². The van der Waals surface area contributed by atoms with Gasteiger partial charge in [0, 0.05) is 19.0 Å². The van der Waals surface area contributed by atoms with Crippen LogP contribution in [0.15, 0.2) is 28.8 Å². The summed E-state index contributed by atoms with van der Waals surface area (Å²) >= 11 is 0. The minimum atomic E-state index is -0.841. The predicted molar refractivity (Wildman–Crippen MR) is 69.7 cm³/mol. The smallest absolute Gasteiger partial charge is 0.303 e. The van der Waals surface area contributed by atoms with Crippen LogP contribution in [0.5, 0.6) is 0 Å². The zero-order valence-corrected chi connectivity index (χ0v) is 10.8. The Hall–Kier alpha value is -2.17. The first-order valence-electron chi connectivity index (χ1n) is 6.32.